The summed E-state index contributed by atoms with van der Waals surface area (Å²) in [5, 5.41) is 6.91. The van der Waals surface area contributed by atoms with E-state index in [9.17, 15) is 13.2 Å². The van der Waals surface area contributed by atoms with Gasteiger partial charge in [0, 0.05) is 12.2 Å². The molecule has 0 amide bonds. The Kier molecular flexibility index (Phi) is 5.19. The maximum absolute atomic E-state index is 12.3. The number of hydrogen-bond acceptors (Lipinski definition) is 2. The van der Waals surface area contributed by atoms with Gasteiger partial charge in [-0.2, -0.15) is 18.3 Å². The fourth-order valence-electron chi connectivity index (χ4n) is 1.79. The zero-order valence-electron chi connectivity index (χ0n) is 11.0. The van der Waals surface area contributed by atoms with Crippen molar-refractivity contribution in [3.63, 3.8) is 0 Å². The highest BCUT2D eigenvalue weighted by atomic mass is 19.4. The van der Waals surface area contributed by atoms with Gasteiger partial charge < -0.3 is 0 Å². The third-order valence-electron chi connectivity index (χ3n) is 2.55. The molecule has 1 aromatic rings. The minimum Gasteiger partial charge on any atom is -0.289 e. The van der Waals surface area contributed by atoms with Gasteiger partial charge in [-0.05, 0) is 24.9 Å². The van der Waals surface area contributed by atoms with Crippen LogP contribution in [0.4, 0.5) is 13.2 Å². The van der Waals surface area contributed by atoms with E-state index in [0.717, 1.165) is 17.8 Å². The number of H-pyrrole nitrogens is 1. The molecule has 18 heavy (non-hydrogen) atoms. The number of aromatic amines is 1. The molecule has 0 unspecified atom stereocenters. The van der Waals surface area contributed by atoms with Crippen LogP contribution in [0.2, 0.25) is 0 Å². The van der Waals surface area contributed by atoms with Gasteiger partial charge in [0.15, 0.2) is 0 Å². The van der Waals surface area contributed by atoms with Gasteiger partial charge in [-0.15, -0.1) is 0 Å². The van der Waals surface area contributed by atoms with E-state index in [1.165, 1.54) is 4.90 Å². The first-order valence-corrected chi connectivity index (χ1v) is 6.12. The fraction of sp³-hybridized carbons (Fsp3) is 0.750. The Morgan fingerprint density at radius 1 is 1.39 bits per heavy atom. The van der Waals surface area contributed by atoms with E-state index >= 15 is 0 Å². The van der Waals surface area contributed by atoms with E-state index in [0.29, 0.717) is 12.5 Å². The van der Waals surface area contributed by atoms with E-state index < -0.39 is 12.7 Å². The van der Waals surface area contributed by atoms with Crippen LogP contribution in [0.3, 0.4) is 0 Å². The van der Waals surface area contributed by atoms with Crippen molar-refractivity contribution in [1.29, 1.82) is 0 Å². The van der Waals surface area contributed by atoms with Crippen molar-refractivity contribution in [2.24, 2.45) is 5.92 Å². The molecule has 0 radical (unpaired) electrons. The molecule has 3 nitrogen and oxygen atoms in total. The quantitative estimate of drug-likeness (QED) is 0.855. The standard InChI is InChI=1S/C12H20F3N3/c1-4-18(8-12(13,14)15)7-11-6-10(16-17-11)5-9(2)3/h6,9H,4-5,7-8H2,1-3H3,(H,16,17). The lowest BCUT2D eigenvalue weighted by atomic mass is 10.1. The summed E-state index contributed by atoms with van der Waals surface area (Å²) in [5.74, 6) is 0.485. The Balaban J connectivity index is 2.57. The molecule has 104 valence electrons. The topological polar surface area (TPSA) is 31.9 Å². The van der Waals surface area contributed by atoms with Crippen molar-refractivity contribution in [2.75, 3.05) is 13.1 Å². The molecule has 0 aliphatic carbocycles. The van der Waals surface area contributed by atoms with Crippen LogP contribution in [0.1, 0.15) is 32.2 Å². The number of nitrogens with one attached hydrogen (secondary N) is 1. The van der Waals surface area contributed by atoms with Crippen molar-refractivity contribution in [3.05, 3.63) is 17.5 Å². The highest BCUT2D eigenvalue weighted by Crippen LogP contribution is 2.18. The lowest BCUT2D eigenvalue weighted by molar-refractivity contribution is -0.146. The summed E-state index contributed by atoms with van der Waals surface area (Å²) in [7, 11) is 0. The van der Waals surface area contributed by atoms with Crippen molar-refractivity contribution < 1.29 is 13.2 Å². The molecule has 1 aromatic heterocycles. The monoisotopic (exact) mass is 263 g/mol. The number of hydrogen-bond donors (Lipinski definition) is 1. The van der Waals surface area contributed by atoms with Crippen LogP contribution in [0.5, 0.6) is 0 Å². The van der Waals surface area contributed by atoms with Gasteiger partial charge in [-0.1, -0.05) is 20.8 Å². The highest BCUT2D eigenvalue weighted by Gasteiger charge is 2.30. The first kappa shape index (κ1) is 15.0. The van der Waals surface area contributed by atoms with E-state index in [-0.39, 0.29) is 6.54 Å². The molecular weight excluding hydrogens is 243 g/mol. The van der Waals surface area contributed by atoms with E-state index in [1.807, 2.05) is 6.07 Å². The lowest BCUT2D eigenvalue weighted by Crippen LogP contribution is -2.33. The molecule has 6 heteroatoms. The van der Waals surface area contributed by atoms with Crippen molar-refractivity contribution in [2.45, 2.75) is 39.9 Å². The molecule has 0 aliphatic rings. The van der Waals surface area contributed by atoms with Crippen LogP contribution in [0, 0.1) is 5.92 Å². The summed E-state index contributed by atoms with van der Waals surface area (Å²) in [6.45, 7) is 5.60. The molecule has 0 fully saturated rings. The highest BCUT2D eigenvalue weighted by molar-refractivity contribution is 5.09. The SMILES string of the molecule is CCN(Cc1cc(CC(C)C)n[nH]1)CC(F)(F)F. The normalized spacial score (nSPS) is 12.7. The summed E-state index contributed by atoms with van der Waals surface area (Å²) >= 11 is 0. The molecule has 1 heterocycles. The van der Waals surface area contributed by atoms with E-state index in [2.05, 4.69) is 24.0 Å². The summed E-state index contributed by atoms with van der Waals surface area (Å²) in [4.78, 5) is 1.34. The Morgan fingerprint density at radius 3 is 2.56 bits per heavy atom. The van der Waals surface area contributed by atoms with Crippen LogP contribution in [0.25, 0.3) is 0 Å². The average molecular weight is 263 g/mol. The molecule has 0 aliphatic heterocycles. The van der Waals surface area contributed by atoms with Gasteiger partial charge in [0.05, 0.1) is 12.2 Å². The second-order valence-corrected chi connectivity index (χ2v) is 4.90. The minimum atomic E-state index is -4.16. The summed E-state index contributed by atoms with van der Waals surface area (Å²) in [6.07, 6.45) is -3.32. The predicted octanol–water partition coefficient (Wildman–Crippen LogP) is 2.99. The van der Waals surface area contributed by atoms with Crippen LogP contribution in [0.15, 0.2) is 6.07 Å². The Morgan fingerprint density at radius 2 is 2.06 bits per heavy atom. The van der Waals surface area contributed by atoms with Crippen LogP contribution < -0.4 is 0 Å². The number of halogens is 3. The Bertz CT molecular complexity index is 358. The third-order valence-corrected chi connectivity index (χ3v) is 2.55. The first-order valence-electron chi connectivity index (χ1n) is 6.12. The predicted molar refractivity (Wildman–Crippen MR) is 64.1 cm³/mol. The molecular formula is C12H20F3N3. The largest absolute Gasteiger partial charge is 0.401 e. The zero-order chi connectivity index (χ0) is 13.8. The first-order chi connectivity index (χ1) is 8.30. The van der Waals surface area contributed by atoms with Gasteiger partial charge in [-0.3, -0.25) is 10.00 Å². The maximum atomic E-state index is 12.3. The Labute approximate surface area is 105 Å². The molecule has 0 saturated heterocycles. The van der Waals surface area contributed by atoms with Gasteiger partial charge in [0.1, 0.15) is 0 Å². The molecule has 0 aromatic carbocycles. The molecule has 1 rings (SSSR count). The summed E-state index contributed by atoms with van der Waals surface area (Å²) in [5.41, 5.74) is 1.64. The fourth-order valence-corrected chi connectivity index (χ4v) is 1.79. The molecule has 0 bridgehead atoms. The van der Waals surface area contributed by atoms with E-state index in [1.54, 1.807) is 6.92 Å². The minimum absolute atomic E-state index is 0.251. The average Bonchev–Trinajstić information content (AvgIpc) is 2.61. The van der Waals surface area contributed by atoms with E-state index in [4.69, 9.17) is 0 Å². The lowest BCUT2D eigenvalue weighted by Gasteiger charge is -2.20. The Hall–Kier alpha value is -1.04. The van der Waals surface area contributed by atoms with Crippen LogP contribution in [-0.4, -0.2) is 34.4 Å². The summed E-state index contributed by atoms with van der Waals surface area (Å²) < 4.78 is 36.9. The van der Waals surface area contributed by atoms with Crippen LogP contribution >= 0.6 is 0 Å². The smallest absolute Gasteiger partial charge is 0.289 e. The molecule has 0 spiro atoms. The molecule has 0 atom stereocenters. The third kappa shape index (κ3) is 5.53. The number of aromatic nitrogens is 2. The molecule has 0 saturated carbocycles. The number of alkyl halides is 3. The number of nitrogens with zero attached hydrogens (tertiary/aromatic N) is 2. The van der Waals surface area contributed by atoms with Gasteiger partial charge in [0.2, 0.25) is 0 Å². The van der Waals surface area contributed by atoms with Gasteiger partial charge in [-0.25, -0.2) is 0 Å². The van der Waals surface area contributed by atoms with Crippen molar-refractivity contribution in [1.82, 2.24) is 15.1 Å². The second kappa shape index (κ2) is 6.22. The zero-order valence-corrected chi connectivity index (χ0v) is 11.0. The van der Waals surface area contributed by atoms with Crippen molar-refractivity contribution >= 4 is 0 Å². The molecule has 1 N–H and O–H groups in total. The summed E-state index contributed by atoms with van der Waals surface area (Å²) in [6, 6.07) is 1.85. The maximum Gasteiger partial charge on any atom is 0.401 e. The second-order valence-electron chi connectivity index (χ2n) is 4.90. The number of rotatable bonds is 6. The van der Waals surface area contributed by atoms with Crippen molar-refractivity contribution in [3.8, 4) is 0 Å². The van der Waals surface area contributed by atoms with Gasteiger partial charge >= 0.3 is 6.18 Å². The van der Waals surface area contributed by atoms with Gasteiger partial charge in [0.25, 0.3) is 0 Å². The van der Waals surface area contributed by atoms with Crippen LogP contribution in [-0.2, 0) is 13.0 Å².